The molecule has 0 aliphatic carbocycles. The van der Waals surface area contributed by atoms with Gasteiger partial charge in [0.1, 0.15) is 5.75 Å². The molecule has 0 bridgehead atoms. The summed E-state index contributed by atoms with van der Waals surface area (Å²) in [4.78, 5) is 12.0. The molecule has 0 spiro atoms. The molecule has 1 heterocycles. The number of fused-ring (bicyclic) bond motifs is 1. The first-order valence-electron chi connectivity index (χ1n) is 8.27. The van der Waals surface area contributed by atoms with E-state index in [9.17, 15) is 13.2 Å². The highest BCUT2D eigenvalue weighted by Crippen LogP contribution is 2.34. The molecule has 8 nitrogen and oxygen atoms in total. The van der Waals surface area contributed by atoms with E-state index in [4.69, 9.17) is 14.2 Å². The second-order valence-electron chi connectivity index (χ2n) is 5.83. The van der Waals surface area contributed by atoms with E-state index in [2.05, 4.69) is 5.32 Å². The summed E-state index contributed by atoms with van der Waals surface area (Å²) in [6, 6.07) is 11.6. The fourth-order valence-corrected chi connectivity index (χ4v) is 3.61. The number of ether oxygens (including phenoxy) is 3. The van der Waals surface area contributed by atoms with E-state index in [0.29, 0.717) is 35.2 Å². The van der Waals surface area contributed by atoms with Crippen molar-refractivity contribution in [3.8, 4) is 17.2 Å². The highest BCUT2D eigenvalue weighted by atomic mass is 32.2. The van der Waals surface area contributed by atoms with Crippen LogP contribution in [0.15, 0.2) is 42.5 Å². The number of benzene rings is 2. The van der Waals surface area contributed by atoms with E-state index in [0.717, 1.165) is 6.26 Å². The number of hydrogen-bond acceptors (Lipinski definition) is 6. The highest BCUT2D eigenvalue weighted by molar-refractivity contribution is 7.92. The predicted molar refractivity (Wildman–Crippen MR) is 101 cm³/mol. The van der Waals surface area contributed by atoms with Crippen molar-refractivity contribution in [3.05, 3.63) is 42.5 Å². The summed E-state index contributed by atoms with van der Waals surface area (Å²) >= 11 is 0. The minimum atomic E-state index is -3.34. The third-order valence-electron chi connectivity index (χ3n) is 3.84. The normalized spacial score (nSPS) is 12.5. The lowest BCUT2D eigenvalue weighted by molar-refractivity contribution is -0.118. The monoisotopic (exact) mass is 392 g/mol. The van der Waals surface area contributed by atoms with Crippen LogP contribution in [-0.2, 0) is 14.8 Å². The first kappa shape index (κ1) is 18.8. The van der Waals surface area contributed by atoms with Gasteiger partial charge in [0.2, 0.25) is 16.8 Å². The van der Waals surface area contributed by atoms with Crippen molar-refractivity contribution in [1.82, 2.24) is 0 Å². The average molecular weight is 392 g/mol. The van der Waals surface area contributed by atoms with Crippen LogP contribution in [0.2, 0.25) is 0 Å². The van der Waals surface area contributed by atoms with E-state index in [1.54, 1.807) is 49.4 Å². The van der Waals surface area contributed by atoms with E-state index >= 15 is 0 Å². The minimum absolute atomic E-state index is 0.167. The molecule has 0 saturated heterocycles. The molecule has 0 radical (unpaired) electrons. The Morgan fingerprint density at radius 3 is 2.52 bits per heavy atom. The van der Waals surface area contributed by atoms with Crippen LogP contribution in [-0.4, -0.2) is 40.5 Å². The number of nitrogens with zero attached hydrogens (tertiary/aromatic N) is 1. The van der Waals surface area contributed by atoms with E-state index in [-0.39, 0.29) is 19.3 Å². The zero-order chi connectivity index (χ0) is 19.4. The van der Waals surface area contributed by atoms with Crippen molar-refractivity contribution < 1.29 is 27.4 Å². The predicted octanol–water partition coefficient (Wildman–Crippen LogP) is 2.22. The number of rotatable bonds is 7. The molecule has 1 aliphatic heterocycles. The van der Waals surface area contributed by atoms with Crippen molar-refractivity contribution in [2.24, 2.45) is 0 Å². The molecule has 0 unspecified atom stereocenters. The van der Waals surface area contributed by atoms with Gasteiger partial charge in [-0.3, -0.25) is 9.10 Å². The van der Waals surface area contributed by atoms with E-state index in [1.165, 1.54) is 4.31 Å². The molecule has 0 fully saturated rings. The van der Waals surface area contributed by atoms with Crippen LogP contribution >= 0.6 is 0 Å². The number of carbonyl (C=O) groups is 1. The van der Waals surface area contributed by atoms with Gasteiger partial charge in [0.15, 0.2) is 18.1 Å². The first-order chi connectivity index (χ1) is 12.9. The molecule has 0 atom stereocenters. The zero-order valence-corrected chi connectivity index (χ0v) is 15.8. The second kappa shape index (κ2) is 7.75. The summed E-state index contributed by atoms with van der Waals surface area (Å²) in [6.07, 6.45) is 1.15. The minimum Gasteiger partial charge on any atom is -0.484 e. The maximum absolute atomic E-state index is 12.0. The fraction of sp³-hybridized carbons (Fsp3) is 0.278. The molecule has 27 heavy (non-hydrogen) atoms. The van der Waals surface area contributed by atoms with Gasteiger partial charge in [-0.2, -0.15) is 0 Å². The Hall–Kier alpha value is -2.94. The van der Waals surface area contributed by atoms with Crippen LogP contribution < -0.4 is 23.8 Å². The zero-order valence-electron chi connectivity index (χ0n) is 15.0. The molecule has 1 aliphatic rings. The topological polar surface area (TPSA) is 94.2 Å². The quantitative estimate of drug-likeness (QED) is 0.777. The maximum atomic E-state index is 12.0. The van der Waals surface area contributed by atoms with Crippen LogP contribution in [0.25, 0.3) is 0 Å². The Labute approximate surface area is 157 Å². The number of sulfonamides is 1. The Bertz CT molecular complexity index is 927. The molecule has 2 aromatic carbocycles. The molecule has 1 N–H and O–H groups in total. The fourth-order valence-electron chi connectivity index (χ4n) is 2.64. The van der Waals surface area contributed by atoms with Gasteiger partial charge in [-0.05, 0) is 43.3 Å². The SMILES string of the molecule is CCN(c1ccc(OCC(=O)Nc2ccc3c(c2)OCO3)cc1)S(C)(=O)=O. The van der Waals surface area contributed by atoms with Gasteiger partial charge < -0.3 is 19.5 Å². The summed E-state index contributed by atoms with van der Waals surface area (Å²) in [6.45, 7) is 2.07. The van der Waals surface area contributed by atoms with Crippen molar-refractivity contribution in [2.45, 2.75) is 6.92 Å². The van der Waals surface area contributed by atoms with Gasteiger partial charge in [0, 0.05) is 18.3 Å². The van der Waals surface area contributed by atoms with Gasteiger partial charge in [0.25, 0.3) is 5.91 Å². The summed E-state index contributed by atoms with van der Waals surface area (Å²) in [5.74, 6) is 1.35. The summed E-state index contributed by atoms with van der Waals surface area (Å²) in [7, 11) is -3.34. The Morgan fingerprint density at radius 2 is 1.85 bits per heavy atom. The largest absolute Gasteiger partial charge is 0.484 e. The maximum Gasteiger partial charge on any atom is 0.262 e. The standard InChI is InChI=1S/C18H20N2O6S/c1-3-20(27(2,22)23)14-5-7-15(8-6-14)24-11-18(21)19-13-4-9-16-17(10-13)26-12-25-16/h4-10H,3,11-12H2,1-2H3,(H,19,21). The number of nitrogens with one attached hydrogen (secondary N) is 1. The third kappa shape index (κ3) is 4.62. The van der Waals surface area contributed by atoms with Gasteiger partial charge in [-0.15, -0.1) is 0 Å². The second-order valence-corrected chi connectivity index (χ2v) is 7.73. The Kier molecular flexibility index (Phi) is 5.41. The molecular weight excluding hydrogens is 372 g/mol. The van der Waals surface area contributed by atoms with Gasteiger partial charge >= 0.3 is 0 Å². The van der Waals surface area contributed by atoms with E-state index in [1.807, 2.05) is 0 Å². The Balaban J connectivity index is 1.56. The van der Waals surface area contributed by atoms with Crippen molar-refractivity contribution in [2.75, 3.05) is 35.8 Å². The smallest absolute Gasteiger partial charge is 0.262 e. The van der Waals surface area contributed by atoms with E-state index < -0.39 is 10.0 Å². The molecule has 3 rings (SSSR count). The average Bonchev–Trinajstić information content (AvgIpc) is 3.08. The summed E-state index contributed by atoms with van der Waals surface area (Å²) in [5.41, 5.74) is 1.12. The van der Waals surface area contributed by atoms with Crippen LogP contribution in [0.5, 0.6) is 17.2 Å². The lowest BCUT2D eigenvalue weighted by Gasteiger charge is -2.20. The van der Waals surface area contributed by atoms with Crippen LogP contribution in [0.4, 0.5) is 11.4 Å². The molecule has 2 aromatic rings. The van der Waals surface area contributed by atoms with Crippen LogP contribution in [0.1, 0.15) is 6.92 Å². The number of carbonyl (C=O) groups excluding carboxylic acids is 1. The molecule has 1 amide bonds. The number of amides is 1. The first-order valence-corrected chi connectivity index (χ1v) is 10.1. The molecular formula is C18H20N2O6S. The third-order valence-corrected chi connectivity index (χ3v) is 5.11. The van der Waals surface area contributed by atoms with Crippen molar-refractivity contribution in [1.29, 1.82) is 0 Å². The van der Waals surface area contributed by atoms with Crippen molar-refractivity contribution in [3.63, 3.8) is 0 Å². The van der Waals surface area contributed by atoms with Gasteiger partial charge in [-0.1, -0.05) is 0 Å². The van der Waals surface area contributed by atoms with Gasteiger partial charge in [0.05, 0.1) is 11.9 Å². The molecule has 144 valence electrons. The summed E-state index contributed by atoms with van der Waals surface area (Å²) < 4.78 is 40.7. The number of anilines is 2. The molecule has 9 heteroatoms. The van der Waals surface area contributed by atoms with Gasteiger partial charge in [-0.25, -0.2) is 8.42 Å². The van der Waals surface area contributed by atoms with Crippen molar-refractivity contribution >= 4 is 27.3 Å². The van der Waals surface area contributed by atoms with Crippen LogP contribution in [0, 0.1) is 0 Å². The lowest BCUT2D eigenvalue weighted by Crippen LogP contribution is -2.29. The van der Waals surface area contributed by atoms with Crippen LogP contribution in [0.3, 0.4) is 0 Å². The molecule has 0 aromatic heterocycles. The highest BCUT2D eigenvalue weighted by Gasteiger charge is 2.16. The molecule has 0 saturated carbocycles. The lowest BCUT2D eigenvalue weighted by atomic mass is 10.3. The Morgan fingerprint density at radius 1 is 1.15 bits per heavy atom. The number of hydrogen-bond donors (Lipinski definition) is 1. The summed E-state index contributed by atoms with van der Waals surface area (Å²) in [5, 5.41) is 2.71.